The molecular weight excluding hydrogens is 452 g/mol. The molecule has 0 aromatic carbocycles. The van der Waals surface area contributed by atoms with Crippen molar-refractivity contribution < 1.29 is 65.0 Å². The molecule has 0 aliphatic rings. The Labute approximate surface area is 195 Å². The molecule has 0 unspecified atom stereocenters. The van der Waals surface area contributed by atoms with Crippen molar-refractivity contribution in [2.24, 2.45) is 11.5 Å². The van der Waals surface area contributed by atoms with Gasteiger partial charge in [0.2, 0.25) is 6.41 Å². The number of aliphatic hydroxyl groups excluding tert-OH is 9. The van der Waals surface area contributed by atoms with Crippen LogP contribution in [0, 0.1) is 0 Å². The molecule has 0 heterocycles. The van der Waals surface area contributed by atoms with Gasteiger partial charge in [0.15, 0.2) is 0 Å². The Morgan fingerprint density at radius 2 is 0.727 bits per heavy atom. The van der Waals surface area contributed by atoms with Gasteiger partial charge in [-0.25, -0.2) is 0 Å². The topological polar surface area (TPSA) is 279 Å². The number of nitrogens with two attached hydrogens (primary N) is 2. The minimum Gasteiger partial charge on any atom is -0.396 e. The highest BCUT2D eigenvalue weighted by molar-refractivity contribution is 5.42. The third kappa shape index (κ3) is 133. The van der Waals surface area contributed by atoms with Gasteiger partial charge in [0.25, 0.3) is 0 Å². The van der Waals surface area contributed by atoms with Crippen LogP contribution in [0.4, 0.5) is 0 Å². The largest absolute Gasteiger partial charge is 0.396 e. The van der Waals surface area contributed by atoms with Crippen LogP contribution in [-0.4, -0.2) is 158 Å². The molecular formula is C18H48N2O13. The minimum atomic E-state index is -0.125. The SMILES string of the molecule is NC=O.NCCO.OCCCO.OCCO.OCCOCCO.OCCOCCOCCO. The summed E-state index contributed by atoms with van der Waals surface area (Å²) in [4.78, 5) is 8.58. The summed E-state index contributed by atoms with van der Waals surface area (Å²) in [5.41, 5.74) is 8.94. The molecule has 0 aromatic heterocycles. The van der Waals surface area contributed by atoms with Gasteiger partial charge in [0.1, 0.15) is 0 Å². The summed E-state index contributed by atoms with van der Waals surface area (Å²) < 4.78 is 14.4. The lowest BCUT2D eigenvalue weighted by molar-refractivity contribution is -0.106. The molecule has 0 atom stereocenters. The summed E-state index contributed by atoms with van der Waals surface area (Å²) in [6.45, 7) is 2.83. The third-order valence-electron chi connectivity index (χ3n) is 1.86. The number of carbonyl (C=O) groups is 1. The van der Waals surface area contributed by atoms with E-state index in [2.05, 4.69) is 10.5 Å². The molecule has 0 rings (SSSR count). The zero-order valence-electron chi connectivity index (χ0n) is 19.4. The van der Waals surface area contributed by atoms with Crippen molar-refractivity contribution in [3.05, 3.63) is 0 Å². The first-order chi connectivity index (χ1) is 16.0. The maximum Gasteiger partial charge on any atom is 0.204 e. The van der Waals surface area contributed by atoms with Crippen molar-refractivity contribution in [2.75, 3.05) is 106 Å². The fourth-order valence-corrected chi connectivity index (χ4v) is 0.753. The Hall–Kier alpha value is -1.05. The molecule has 0 radical (unpaired) electrons. The average molecular weight is 501 g/mol. The summed E-state index contributed by atoms with van der Waals surface area (Å²) in [5.74, 6) is 0. The monoisotopic (exact) mass is 500 g/mol. The van der Waals surface area contributed by atoms with Gasteiger partial charge in [-0.05, 0) is 6.42 Å². The van der Waals surface area contributed by atoms with Crippen LogP contribution in [0.1, 0.15) is 6.42 Å². The van der Waals surface area contributed by atoms with E-state index in [0.29, 0.717) is 52.6 Å². The average Bonchev–Trinajstić information content (AvgIpc) is 2.84. The first-order valence-electron chi connectivity index (χ1n) is 10.1. The van der Waals surface area contributed by atoms with E-state index in [-0.39, 0.29) is 65.9 Å². The van der Waals surface area contributed by atoms with Crippen molar-refractivity contribution in [3.63, 3.8) is 0 Å². The van der Waals surface area contributed by atoms with Gasteiger partial charge in [-0.2, -0.15) is 0 Å². The second-order valence-corrected chi connectivity index (χ2v) is 4.63. The second-order valence-electron chi connectivity index (χ2n) is 4.63. The molecule has 0 saturated carbocycles. The normalized spacial score (nSPS) is 8.55. The number of ether oxygens (including phenoxy) is 3. The van der Waals surface area contributed by atoms with Crippen molar-refractivity contribution in [1.29, 1.82) is 0 Å². The number of rotatable bonds is 15. The van der Waals surface area contributed by atoms with Gasteiger partial charge in [-0.1, -0.05) is 0 Å². The molecule has 0 aliphatic heterocycles. The van der Waals surface area contributed by atoms with E-state index in [1.165, 1.54) is 0 Å². The van der Waals surface area contributed by atoms with Gasteiger partial charge in [0.05, 0.1) is 85.9 Å². The molecule has 33 heavy (non-hydrogen) atoms. The highest BCUT2D eigenvalue weighted by Gasteiger charge is 1.86. The Morgan fingerprint density at radius 3 is 0.848 bits per heavy atom. The molecule has 0 aromatic rings. The molecule has 1 amide bonds. The number of aliphatic hydroxyl groups is 9. The minimum absolute atomic E-state index is 0.0278. The van der Waals surface area contributed by atoms with Gasteiger partial charge in [-0.3, -0.25) is 4.79 Å². The van der Waals surface area contributed by atoms with E-state index in [1.54, 1.807) is 0 Å². The standard InChI is InChI=1S/C6H14O4.C4H10O3.C3H8O2.C2H7NO.C2H6O2.CH3NO/c7-1-3-9-5-6-10-4-2-8;5-1-3-7-4-2-6;4-2-1-3-5;2*3-1-2-4;2-1-3/h7-8H,1-6H2;5-6H,1-4H2;4-5H,1-3H2;4H,1-3H2;3-4H,1-2H2;1H,(H2,2,3). The summed E-state index contributed by atoms with van der Waals surface area (Å²) in [6.07, 6.45) is 0.750. The summed E-state index contributed by atoms with van der Waals surface area (Å²) in [7, 11) is 0. The molecule has 15 nitrogen and oxygen atoms in total. The van der Waals surface area contributed by atoms with Crippen LogP contribution in [0.2, 0.25) is 0 Å². The first-order valence-corrected chi connectivity index (χ1v) is 10.1. The number of hydrogen-bond donors (Lipinski definition) is 11. The molecule has 0 spiro atoms. The van der Waals surface area contributed by atoms with E-state index in [0.717, 1.165) is 0 Å². The number of hydrogen-bond acceptors (Lipinski definition) is 14. The van der Waals surface area contributed by atoms with Crippen molar-refractivity contribution in [1.82, 2.24) is 0 Å². The first kappa shape index (κ1) is 45.4. The molecule has 13 N–H and O–H groups in total. The fourth-order valence-electron chi connectivity index (χ4n) is 0.753. The van der Waals surface area contributed by atoms with Gasteiger partial charge in [0, 0.05) is 19.8 Å². The lowest BCUT2D eigenvalue weighted by Crippen LogP contribution is -2.09. The van der Waals surface area contributed by atoms with Crippen LogP contribution in [0.15, 0.2) is 0 Å². The van der Waals surface area contributed by atoms with E-state index in [4.69, 9.17) is 66.0 Å². The Balaban J connectivity index is -0.0000000701. The van der Waals surface area contributed by atoms with Crippen LogP contribution in [0.25, 0.3) is 0 Å². The van der Waals surface area contributed by atoms with Crippen LogP contribution in [0.5, 0.6) is 0 Å². The number of amides is 1. The Morgan fingerprint density at radius 1 is 0.485 bits per heavy atom. The summed E-state index contributed by atoms with van der Waals surface area (Å²) in [5, 5.41) is 71.5. The molecule has 15 heteroatoms. The lowest BCUT2D eigenvalue weighted by Gasteiger charge is -2.01. The fraction of sp³-hybridized carbons (Fsp3) is 0.944. The predicted octanol–water partition coefficient (Wildman–Crippen LogP) is -5.64. The summed E-state index contributed by atoms with van der Waals surface area (Å²) in [6, 6.07) is 0. The maximum absolute atomic E-state index is 8.58. The van der Waals surface area contributed by atoms with Crippen LogP contribution >= 0.6 is 0 Å². The van der Waals surface area contributed by atoms with Crippen LogP contribution in [-0.2, 0) is 19.0 Å². The van der Waals surface area contributed by atoms with E-state index in [9.17, 15) is 0 Å². The van der Waals surface area contributed by atoms with Gasteiger partial charge >= 0.3 is 0 Å². The Bertz CT molecular complexity index is 225. The van der Waals surface area contributed by atoms with Crippen molar-refractivity contribution in [3.8, 4) is 0 Å². The zero-order valence-corrected chi connectivity index (χ0v) is 19.4. The van der Waals surface area contributed by atoms with Crippen molar-refractivity contribution >= 4 is 6.41 Å². The lowest BCUT2D eigenvalue weighted by atomic mass is 10.5. The third-order valence-corrected chi connectivity index (χ3v) is 1.86. The van der Waals surface area contributed by atoms with Crippen LogP contribution < -0.4 is 11.5 Å². The Kier molecular flexibility index (Phi) is 96.1. The van der Waals surface area contributed by atoms with Gasteiger partial charge < -0.3 is 71.6 Å². The number of primary amides is 1. The van der Waals surface area contributed by atoms with Crippen molar-refractivity contribution in [2.45, 2.75) is 6.42 Å². The van der Waals surface area contributed by atoms with E-state index < -0.39 is 0 Å². The smallest absolute Gasteiger partial charge is 0.204 e. The molecule has 0 fully saturated rings. The highest BCUT2D eigenvalue weighted by Crippen LogP contribution is 1.76. The molecule has 0 bridgehead atoms. The molecule has 208 valence electrons. The maximum atomic E-state index is 8.58. The van der Waals surface area contributed by atoms with Crippen LogP contribution in [0.3, 0.4) is 0 Å². The molecule has 0 saturated heterocycles. The summed E-state index contributed by atoms with van der Waals surface area (Å²) >= 11 is 0. The van der Waals surface area contributed by atoms with E-state index in [1.807, 2.05) is 0 Å². The highest BCUT2D eigenvalue weighted by atomic mass is 16.5. The quantitative estimate of drug-likeness (QED) is 0.0738. The second kappa shape index (κ2) is 69.8. The van der Waals surface area contributed by atoms with E-state index >= 15 is 0 Å². The number of carbonyl (C=O) groups excluding carboxylic acids is 1. The zero-order chi connectivity index (χ0) is 26.8. The predicted molar refractivity (Wildman–Crippen MR) is 120 cm³/mol. The van der Waals surface area contributed by atoms with Gasteiger partial charge in [-0.15, -0.1) is 0 Å². The molecule has 0 aliphatic carbocycles.